The summed E-state index contributed by atoms with van der Waals surface area (Å²) in [6, 6.07) is 3.80. The van der Waals surface area contributed by atoms with Gasteiger partial charge in [0.1, 0.15) is 0 Å². The van der Waals surface area contributed by atoms with Gasteiger partial charge in [0, 0.05) is 38.6 Å². The number of ether oxygens (including phenoxy) is 1. The highest BCUT2D eigenvalue weighted by atomic mass is 32.1. The molecule has 2 rings (SSSR count). The molecule has 6 heteroatoms. The Labute approximate surface area is 122 Å². The summed E-state index contributed by atoms with van der Waals surface area (Å²) in [6.07, 6.45) is 1.07. The number of methoxy groups -OCH3 is 1. The van der Waals surface area contributed by atoms with Gasteiger partial charge in [0.15, 0.2) is 0 Å². The highest BCUT2D eigenvalue weighted by Crippen LogP contribution is 2.38. The van der Waals surface area contributed by atoms with Crippen LogP contribution in [0.1, 0.15) is 23.8 Å². The Morgan fingerprint density at radius 3 is 3.05 bits per heavy atom. The number of likely N-dealkylation sites (tertiary alicyclic amines) is 1. The van der Waals surface area contributed by atoms with Gasteiger partial charge in [0.2, 0.25) is 11.8 Å². The van der Waals surface area contributed by atoms with Crippen LogP contribution in [0.15, 0.2) is 17.5 Å². The largest absolute Gasteiger partial charge is 0.385 e. The summed E-state index contributed by atoms with van der Waals surface area (Å²) < 4.78 is 4.95. The van der Waals surface area contributed by atoms with E-state index in [4.69, 9.17) is 4.74 Å². The van der Waals surface area contributed by atoms with Crippen LogP contribution in [0.4, 0.5) is 0 Å². The minimum absolute atomic E-state index is 0.0282. The lowest BCUT2D eigenvalue weighted by Crippen LogP contribution is -2.35. The molecule has 2 heterocycles. The molecule has 0 radical (unpaired) electrons. The summed E-state index contributed by atoms with van der Waals surface area (Å²) in [6.45, 7) is 1.20. The summed E-state index contributed by atoms with van der Waals surface area (Å²) in [5, 5.41) is 4.87. The molecule has 0 saturated carbocycles. The predicted octanol–water partition coefficient (Wildman–Crippen LogP) is 1.42. The first-order valence-electron chi connectivity index (χ1n) is 6.71. The molecule has 0 unspecified atom stereocenters. The van der Waals surface area contributed by atoms with Crippen molar-refractivity contribution in [3.63, 3.8) is 0 Å². The molecule has 0 bridgehead atoms. The molecule has 1 aliphatic heterocycles. The Morgan fingerprint density at radius 1 is 1.60 bits per heavy atom. The van der Waals surface area contributed by atoms with Gasteiger partial charge < -0.3 is 15.0 Å². The maximum absolute atomic E-state index is 12.3. The van der Waals surface area contributed by atoms with Crippen molar-refractivity contribution in [3.8, 4) is 0 Å². The monoisotopic (exact) mass is 296 g/mol. The third kappa shape index (κ3) is 3.19. The van der Waals surface area contributed by atoms with Gasteiger partial charge in [0.25, 0.3) is 0 Å². The fourth-order valence-electron chi connectivity index (χ4n) is 2.51. The van der Waals surface area contributed by atoms with Crippen LogP contribution in [0.25, 0.3) is 0 Å². The zero-order valence-electron chi connectivity index (χ0n) is 11.8. The van der Waals surface area contributed by atoms with Gasteiger partial charge in [-0.2, -0.15) is 0 Å². The molecule has 2 atom stereocenters. The highest BCUT2D eigenvalue weighted by molar-refractivity contribution is 7.10. The molecule has 20 heavy (non-hydrogen) atoms. The van der Waals surface area contributed by atoms with Crippen molar-refractivity contribution >= 4 is 23.2 Å². The first kappa shape index (κ1) is 15.0. The fraction of sp³-hybridized carbons (Fsp3) is 0.571. The zero-order chi connectivity index (χ0) is 14.5. The van der Waals surface area contributed by atoms with E-state index in [9.17, 15) is 9.59 Å². The van der Waals surface area contributed by atoms with Gasteiger partial charge in [-0.1, -0.05) is 6.07 Å². The third-order valence-corrected chi connectivity index (χ3v) is 4.53. The van der Waals surface area contributed by atoms with Crippen molar-refractivity contribution in [1.29, 1.82) is 0 Å². The Balaban J connectivity index is 2.01. The summed E-state index contributed by atoms with van der Waals surface area (Å²) in [5.74, 6) is -0.314. The van der Waals surface area contributed by atoms with Crippen LogP contribution < -0.4 is 5.32 Å². The average molecular weight is 296 g/mol. The number of rotatable bonds is 6. The number of hydrogen-bond acceptors (Lipinski definition) is 4. The topological polar surface area (TPSA) is 58.6 Å². The smallest absolute Gasteiger partial charge is 0.226 e. The van der Waals surface area contributed by atoms with Crippen molar-refractivity contribution in [3.05, 3.63) is 22.4 Å². The predicted molar refractivity (Wildman–Crippen MR) is 77.4 cm³/mol. The molecule has 1 aromatic rings. The fourth-order valence-corrected chi connectivity index (χ4v) is 3.45. The molecule has 2 amide bonds. The second-order valence-electron chi connectivity index (χ2n) is 4.91. The normalized spacial score (nSPS) is 22.3. The number of amides is 2. The minimum atomic E-state index is -0.298. The molecule has 1 fully saturated rings. The van der Waals surface area contributed by atoms with Gasteiger partial charge >= 0.3 is 0 Å². The van der Waals surface area contributed by atoms with Gasteiger partial charge in [-0.25, -0.2) is 0 Å². The van der Waals surface area contributed by atoms with Crippen molar-refractivity contribution in [2.45, 2.75) is 18.9 Å². The van der Waals surface area contributed by atoms with Crippen LogP contribution in [0.3, 0.4) is 0 Å². The molecule has 0 spiro atoms. The van der Waals surface area contributed by atoms with Crippen LogP contribution in [0.2, 0.25) is 0 Å². The Kier molecular flexibility index (Phi) is 5.14. The van der Waals surface area contributed by atoms with Crippen LogP contribution in [0, 0.1) is 5.92 Å². The molecule has 1 aromatic heterocycles. The second-order valence-corrected chi connectivity index (χ2v) is 5.89. The van der Waals surface area contributed by atoms with E-state index in [1.54, 1.807) is 30.4 Å². The second kappa shape index (κ2) is 6.85. The Bertz CT molecular complexity index is 461. The third-order valence-electron chi connectivity index (χ3n) is 3.58. The first-order chi connectivity index (χ1) is 9.65. The Morgan fingerprint density at radius 2 is 2.40 bits per heavy atom. The maximum atomic E-state index is 12.3. The van der Waals surface area contributed by atoms with Crippen LogP contribution in [-0.2, 0) is 14.3 Å². The number of nitrogens with one attached hydrogen (secondary N) is 1. The molecule has 110 valence electrons. The van der Waals surface area contributed by atoms with E-state index in [1.807, 2.05) is 17.5 Å². The molecule has 1 saturated heterocycles. The summed E-state index contributed by atoms with van der Waals surface area (Å²) in [5.41, 5.74) is 0. The molecule has 1 aliphatic rings. The van der Waals surface area contributed by atoms with E-state index in [2.05, 4.69) is 5.32 Å². The van der Waals surface area contributed by atoms with Crippen molar-refractivity contribution < 1.29 is 14.3 Å². The molecule has 1 N–H and O–H groups in total. The molecule has 0 aromatic carbocycles. The van der Waals surface area contributed by atoms with E-state index in [-0.39, 0.29) is 30.2 Å². The lowest BCUT2D eigenvalue weighted by Gasteiger charge is -2.23. The number of carbonyl (C=O) groups excluding carboxylic acids is 2. The van der Waals surface area contributed by atoms with E-state index in [0.717, 1.165) is 11.3 Å². The molecule has 5 nitrogen and oxygen atoms in total. The summed E-state index contributed by atoms with van der Waals surface area (Å²) >= 11 is 1.59. The van der Waals surface area contributed by atoms with Gasteiger partial charge in [-0.05, 0) is 17.9 Å². The standard InChI is InChI=1S/C14H20N2O3S/c1-16-12(17)9-10(13(16)11-5-3-8-20-11)14(18)15-6-4-7-19-2/h3,5,8,10,13H,4,6-7,9H2,1-2H3,(H,15,18)/t10-,13-/m0/s1. The zero-order valence-corrected chi connectivity index (χ0v) is 12.6. The van der Waals surface area contributed by atoms with Crippen molar-refractivity contribution in [1.82, 2.24) is 10.2 Å². The number of carbonyl (C=O) groups is 2. The number of thiophene rings is 1. The van der Waals surface area contributed by atoms with E-state index in [1.165, 1.54) is 0 Å². The summed E-state index contributed by atoms with van der Waals surface area (Å²) in [7, 11) is 3.41. The number of hydrogen-bond donors (Lipinski definition) is 1. The quantitative estimate of drug-likeness (QED) is 0.808. The van der Waals surface area contributed by atoms with Crippen LogP contribution >= 0.6 is 11.3 Å². The maximum Gasteiger partial charge on any atom is 0.226 e. The van der Waals surface area contributed by atoms with Gasteiger partial charge in [-0.3, -0.25) is 9.59 Å². The van der Waals surface area contributed by atoms with E-state index < -0.39 is 0 Å². The number of nitrogens with zero attached hydrogens (tertiary/aromatic N) is 1. The summed E-state index contributed by atoms with van der Waals surface area (Å²) in [4.78, 5) is 26.9. The van der Waals surface area contributed by atoms with Gasteiger partial charge in [0.05, 0.1) is 12.0 Å². The average Bonchev–Trinajstić information content (AvgIpc) is 3.04. The van der Waals surface area contributed by atoms with E-state index >= 15 is 0 Å². The molecule has 0 aliphatic carbocycles. The van der Waals surface area contributed by atoms with Crippen LogP contribution in [-0.4, -0.2) is 44.0 Å². The highest BCUT2D eigenvalue weighted by Gasteiger charge is 2.42. The lowest BCUT2D eigenvalue weighted by atomic mass is 9.98. The molecular formula is C14H20N2O3S. The van der Waals surface area contributed by atoms with Gasteiger partial charge in [-0.15, -0.1) is 11.3 Å². The van der Waals surface area contributed by atoms with Crippen molar-refractivity contribution in [2.75, 3.05) is 27.3 Å². The van der Waals surface area contributed by atoms with Crippen LogP contribution in [0.5, 0.6) is 0 Å². The first-order valence-corrected chi connectivity index (χ1v) is 7.59. The lowest BCUT2D eigenvalue weighted by molar-refractivity contribution is -0.128. The van der Waals surface area contributed by atoms with E-state index in [0.29, 0.717) is 13.2 Å². The molecular weight excluding hydrogens is 276 g/mol. The SMILES string of the molecule is COCCCNC(=O)[C@H]1CC(=O)N(C)[C@@H]1c1cccs1. The van der Waals surface area contributed by atoms with Crippen molar-refractivity contribution in [2.24, 2.45) is 5.92 Å². The minimum Gasteiger partial charge on any atom is -0.385 e. The Hall–Kier alpha value is -1.40.